The number of anilines is 2. The molecule has 3 rings (SSSR count). The monoisotopic (exact) mass is 449 g/mol. The molecular weight excluding hydrogens is 426 g/mol. The number of halogens is 1. The number of benzene rings is 2. The number of nitrogens with one attached hydrogen (secondary N) is 1. The van der Waals surface area contributed by atoms with E-state index in [0.717, 1.165) is 23.4 Å². The van der Waals surface area contributed by atoms with Gasteiger partial charge in [-0.05, 0) is 49.6 Å². The molecule has 1 heterocycles. The van der Waals surface area contributed by atoms with Crippen molar-refractivity contribution in [3.63, 3.8) is 0 Å². The maximum atomic E-state index is 12.8. The number of para-hydroxylation sites is 1. The van der Waals surface area contributed by atoms with Gasteiger partial charge in [0.2, 0.25) is 15.9 Å². The van der Waals surface area contributed by atoms with E-state index in [1.807, 2.05) is 0 Å². The molecule has 0 aromatic heterocycles. The van der Waals surface area contributed by atoms with E-state index in [9.17, 15) is 18.0 Å². The van der Waals surface area contributed by atoms with Crippen molar-refractivity contribution in [1.29, 1.82) is 0 Å². The van der Waals surface area contributed by atoms with Crippen LogP contribution in [-0.4, -0.2) is 51.0 Å². The van der Waals surface area contributed by atoms with Gasteiger partial charge in [0.05, 0.1) is 23.2 Å². The molecule has 160 valence electrons. The summed E-state index contributed by atoms with van der Waals surface area (Å²) in [6.07, 6.45) is 2.95. The molecular formula is C21H24ClN3O4S. The third-order valence-electron chi connectivity index (χ3n) is 5.02. The Morgan fingerprint density at radius 1 is 1.10 bits per heavy atom. The predicted molar refractivity (Wildman–Crippen MR) is 119 cm³/mol. The first kappa shape index (κ1) is 22.1. The number of carbonyl (C=O) groups is 2. The van der Waals surface area contributed by atoms with E-state index in [1.54, 1.807) is 54.3 Å². The smallest absolute Gasteiger partial charge is 0.255 e. The third kappa shape index (κ3) is 4.94. The van der Waals surface area contributed by atoms with Crippen molar-refractivity contribution < 1.29 is 18.0 Å². The normalized spacial score (nSPS) is 13.9. The number of hydrogen-bond acceptors (Lipinski definition) is 4. The number of sulfonamides is 1. The molecule has 0 radical (unpaired) electrons. The molecule has 2 aromatic rings. The maximum absolute atomic E-state index is 12.8. The standard InChI is InChI=1S/C21H24ClN3O4S/c1-15-17(22)9-7-11-19(15)25(30(2,28)29)14-20(26)23-18-10-4-3-8-16(18)21(27)24-12-5-6-13-24/h3-4,7-11H,5-6,12-14H2,1-2H3,(H,23,26). The van der Waals surface area contributed by atoms with Crippen LogP contribution in [0.3, 0.4) is 0 Å². The van der Waals surface area contributed by atoms with Gasteiger partial charge in [0.25, 0.3) is 5.91 Å². The number of carbonyl (C=O) groups excluding carboxylic acids is 2. The zero-order chi connectivity index (χ0) is 21.9. The SMILES string of the molecule is Cc1c(Cl)cccc1N(CC(=O)Nc1ccccc1C(=O)N1CCCC1)S(C)(=O)=O. The average Bonchev–Trinajstić information content (AvgIpc) is 3.22. The van der Waals surface area contributed by atoms with Crippen molar-refractivity contribution in [1.82, 2.24) is 4.90 Å². The molecule has 0 saturated carbocycles. The Balaban J connectivity index is 1.83. The molecule has 0 bridgehead atoms. The lowest BCUT2D eigenvalue weighted by Gasteiger charge is -2.24. The van der Waals surface area contributed by atoms with Crippen LogP contribution in [0.25, 0.3) is 0 Å². The first-order valence-electron chi connectivity index (χ1n) is 9.59. The summed E-state index contributed by atoms with van der Waals surface area (Å²) in [6.45, 7) is 2.64. The van der Waals surface area contributed by atoms with Crippen molar-refractivity contribution in [2.45, 2.75) is 19.8 Å². The fourth-order valence-corrected chi connectivity index (χ4v) is 4.51. The summed E-state index contributed by atoms with van der Waals surface area (Å²) in [4.78, 5) is 27.3. The quantitative estimate of drug-likeness (QED) is 0.733. The van der Waals surface area contributed by atoms with Crippen LogP contribution in [0.5, 0.6) is 0 Å². The summed E-state index contributed by atoms with van der Waals surface area (Å²) in [5.74, 6) is -0.699. The number of hydrogen-bond donors (Lipinski definition) is 1. The second-order valence-electron chi connectivity index (χ2n) is 7.25. The number of amides is 2. The van der Waals surface area contributed by atoms with Crippen molar-refractivity contribution in [3.8, 4) is 0 Å². The number of nitrogens with zero attached hydrogens (tertiary/aromatic N) is 2. The predicted octanol–water partition coefficient (Wildman–Crippen LogP) is 3.29. The lowest BCUT2D eigenvalue weighted by molar-refractivity contribution is -0.114. The van der Waals surface area contributed by atoms with Crippen LogP contribution in [-0.2, 0) is 14.8 Å². The minimum absolute atomic E-state index is 0.144. The van der Waals surface area contributed by atoms with E-state index >= 15 is 0 Å². The van der Waals surface area contributed by atoms with Crippen molar-refractivity contribution in [2.24, 2.45) is 0 Å². The Morgan fingerprint density at radius 2 is 1.77 bits per heavy atom. The van der Waals surface area contributed by atoms with Crippen LogP contribution in [0.1, 0.15) is 28.8 Å². The highest BCUT2D eigenvalue weighted by atomic mass is 35.5. The molecule has 9 heteroatoms. The molecule has 2 amide bonds. The van der Waals surface area contributed by atoms with Crippen LogP contribution in [0, 0.1) is 6.92 Å². The van der Waals surface area contributed by atoms with E-state index in [-0.39, 0.29) is 5.91 Å². The van der Waals surface area contributed by atoms with Gasteiger partial charge in [-0.15, -0.1) is 0 Å². The lowest BCUT2D eigenvalue weighted by Crippen LogP contribution is -2.38. The zero-order valence-electron chi connectivity index (χ0n) is 16.9. The molecule has 7 nitrogen and oxygen atoms in total. The van der Waals surface area contributed by atoms with Gasteiger partial charge in [0.15, 0.2) is 0 Å². The van der Waals surface area contributed by atoms with E-state index in [1.165, 1.54) is 0 Å². The van der Waals surface area contributed by atoms with E-state index in [2.05, 4.69) is 5.32 Å². The van der Waals surface area contributed by atoms with Crippen LogP contribution < -0.4 is 9.62 Å². The van der Waals surface area contributed by atoms with Gasteiger partial charge >= 0.3 is 0 Å². The Bertz CT molecular complexity index is 1070. The minimum Gasteiger partial charge on any atom is -0.339 e. The first-order valence-corrected chi connectivity index (χ1v) is 11.8. The van der Waals surface area contributed by atoms with E-state index in [0.29, 0.717) is 40.6 Å². The third-order valence-corrected chi connectivity index (χ3v) is 6.56. The van der Waals surface area contributed by atoms with E-state index in [4.69, 9.17) is 11.6 Å². The van der Waals surface area contributed by atoms with Gasteiger partial charge in [-0.25, -0.2) is 8.42 Å². The Kier molecular flexibility index (Phi) is 6.67. The highest BCUT2D eigenvalue weighted by molar-refractivity contribution is 7.92. The molecule has 1 N–H and O–H groups in total. The summed E-state index contributed by atoms with van der Waals surface area (Å²) in [5, 5.41) is 3.10. The highest BCUT2D eigenvalue weighted by Crippen LogP contribution is 2.28. The lowest BCUT2D eigenvalue weighted by atomic mass is 10.1. The molecule has 1 aliphatic heterocycles. The number of likely N-dealkylation sites (tertiary alicyclic amines) is 1. The van der Waals surface area contributed by atoms with Gasteiger partial charge in [0, 0.05) is 18.1 Å². The van der Waals surface area contributed by atoms with Crippen LogP contribution in [0.4, 0.5) is 11.4 Å². The summed E-state index contributed by atoms with van der Waals surface area (Å²) in [7, 11) is -3.75. The maximum Gasteiger partial charge on any atom is 0.255 e. The molecule has 30 heavy (non-hydrogen) atoms. The van der Waals surface area contributed by atoms with Crippen LogP contribution >= 0.6 is 11.6 Å². The van der Waals surface area contributed by atoms with E-state index < -0.39 is 22.5 Å². The minimum atomic E-state index is -3.75. The summed E-state index contributed by atoms with van der Waals surface area (Å²) < 4.78 is 25.8. The fraction of sp³-hybridized carbons (Fsp3) is 0.333. The van der Waals surface area contributed by atoms with Gasteiger partial charge in [-0.1, -0.05) is 29.8 Å². The fourth-order valence-electron chi connectivity index (χ4n) is 3.44. The van der Waals surface area contributed by atoms with Gasteiger partial charge in [-0.3, -0.25) is 13.9 Å². The highest BCUT2D eigenvalue weighted by Gasteiger charge is 2.25. The molecule has 0 atom stereocenters. The van der Waals surface area contributed by atoms with Gasteiger partial charge < -0.3 is 10.2 Å². The van der Waals surface area contributed by atoms with Crippen molar-refractivity contribution >= 4 is 44.8 Å². The first-order chi connectivity index (χ1) is 14.2. The van der Waals surface area contributed by atoms with Gasteiger partial charge in [0.1, 0.15) is 6.54 Å². The van der Waals surface area contributed by atoms with Crippen LogP contribution in [0.2, 0.25) is 5.02 Å². The van der Waals surface area contributed by atoms with Crippen molar-refractivity contribution in [2.75, 3.05) is 35.5 Å². The second-order valence-corrected chi connectivity index (χ2v) is 9.56. The summed E-state index contributed by atoms with van der Waals surface area (Å²) >= 11 is 6.13. The Hall–Kier alpha value is -2.58. The molecule has 1 aliphatic rings. The average molecular weight is 450 g/mol. The summed E-state index contributed by atoms with van der Waals surface area (Å²) in [6, 6.07) is 11.6. The molecule has 0 spiro atoms. The molecule has 2 aromatic carbocycles. The molecule has 0 unspecified atom stereocenters. The van der Waals surface area contributed by atoms with Gasteiger partial charge in [-0.2, -0.15) is 0 Å². The zero-order valence-corrected chi connectivity index (χ0v) is 18.5. The van der Waals surface area contributed by atoms with Crippen LogP contribution in [0.15, 0.2) is 42.5 Å². The Labute approximate surface area is 181 Å². The Morgan fingerprint density at radius 3 is 2.43 bits per heavy atom. The molecule has 0 aliphatic carbocycles. The largest absolute Gasteiger partial charge is 0.339 e. The summed E-state index contributed by atoms with van der Waals surface area (Å²) in [5.41, 5.74) is 1.64. The number of rotatable bonds is 6. The molecule has 1 saturated heterocycles. The second kappa shape index (κ2) is 9.06. The van der Waals surface area contributed by atoms with Crippen molar-refractivity contribution in [3.05, 3.63) is 58.6 Å². The molecule has 1 fully saturated rings. The topological polar surface area (TPSA) is 86.8 Å².